The molecule has 1 aliphatic rings. The van der Waals surface area contributed by atoms with E-state index in [1.54, 1.807) is 15.6 Å². The van der Waals surface area contributed by atoms with Crippen LogP contribution in [0.2, 0.25) is 0 Å². The van der Waals surface area contributed by atoms with Crippen LogP contribution in [-0.4, -0.2) is 56.5 Å². The molecule has 0 aliphatic carbocycles. The van der Waals surface area contributed by atoms with Crippen molar-refractivity contribution in [2.24, 2.45) is 7.05 Å². The Bertz CT molecular complexity index is 628. The maximum Gasteiger partial charge on any atom is 0.244 e. The van der Waals surface area contributed by atoms with Gasteiger partial charge in [0, 0.05) is 45.6 Å². The molecule has 0 saturated carbocycles. The zero-order chi connectivity index (χ0) is 14.8. The standard InChI is InChI=1S/C13H17BrN6O/c1-17-9-12(7-15-17)18-2-4-19(5-3-18)13(21)10-20-8-11(14)6-16-20/h6-9H,2-5,10H2,1H3. The van der Waals surface area contributed by atoms with E-state index in [-0.39, 0.29) is 5.91 Å². The summed E-state index contributed by atoms with van der Waals surface area (Å²) < 4.78 is 4.33. The summed E-state index contributed by atoms with van der Waals surface area (Å²) in [5, 5.41) is 8.30. The van der Waals surface area contributed by atoms with Crippen molar-refractivity contribution in [2.45, 2.75) is 6.54 Å². The lowest BCUT2D eigenvalue weighted by Gasteiger charge is -2.35. The molecular formula is C13H17BrN6O. The van der Waals surface area contributed by atoms with Gasteiger partial charge in [-0.15, -0.1) is 0 Å². The van der Waals surface area contributed by atoms with Gasteiger partial charge < -0.3 is 9.80 Å². The molecule has 8 heteroatoms. The highest BCUT2D eigenvalue weighted by molar-refractivity contribution is 9.10. The van der Waals surface area contributed by atoms with Gasteiger partial charge in [0.2, 0.25) is 5.91 Å². The molecule has 0 unspecified atom stereocenters. The Kier molecular flexibility index (Phi) is 3.96. The Balaban J connectivity index is 1.54. The van der Waals surface area contributed by atoms with Crippen LogP contribution in [-0.2, 0) is 18.4 Å². The van der Waals surface area contributed by atoms with Gasteiger partial charge in [-0.1, -0.05) is 0 Å². The Labute approximate surface area is 131 Å². The molecule has 112 valence electrons. The molecule has 21 heavy (non-hydrogen) atoms. The number of halogens is 1. The first-order chi connectivity index (χ1) is 10.1. The summed E-state index contributed by atoms with van der Waals surface area (Å²) >= 11 is 3.33. The zero-order valence-electron chi connectivity index (χ0n) is 11.8. The van der Waals surface area contributed by atoms with Crippen LogP contribution in [0, 0.1) is 0 Å². The van der Waals surface area contributed by atoms with Gasteiger partial charge >= 0.3 is 0 Å². The van der Waals surface area contributed by atoms with Crippen LogP contribution in [0.4, 0.5) is 5.69 Å². The highest BCUT2D eigenvalue weighted by Crippen LogP contribution is 2.15. The number of hydrogen-bond acceptors (Lipinski definition) is 4. The highest BCUT2D eigenvalue weighted by atomic mass is 79.9. The summed E-state index contributed by atoms with van der Waals surface area (Å²) in [6.07, 6.45) is 7.36. The SMILES string of the molecule is Cn1cc(N2CCN(C(=O)Cn3cc(Br)cn3)CC2)cn1. The zero-order valence-corrected chi connectivity index (χ0v) is 13.4. The second kappa shape index (κ2) is 5.88. The molecule has 7 nitrogen and oxygen atoms in total. The van der Waals surface area contributed by atoms with Gasteiger partial charge in [-0.2, -0.15) is 10.2 Å². The fraction of sp³-hybridized carbons (Fsp3) is 0.462. The van der Waals surface area contributed by atoms with Crippen LogP contribution >= 0.6 is 15.9 Å². The third kappa shape index (κ3) is 3.26. The maximum atomic E-state index is 12.2. The van der Waals surface area contributed by atoms with E-state index in [0.29, 0.717) is 6.54 Å². The minimum Gasteiger partial charge on any atom is -0.365 e. The number of aryl methyl sites for hydroxylation is 1. The van der Waals surface area contributed by atoms with Gasteiger partial charge in [0.15, 0.2) is 0 Å². The first-order valence-corrected chi connectivity index (χ1v) is 7.60. The lowest BCUT2D eigenvalue weighted by Crippen LogP contribution is -2.49. The first kappa shape index (κ1) is 14.1. The number of piperazine rings is 1. The first-order valence-electron chi connectivity index (χ1n) is 6.81. The molecule has 1 aliphatic heterocycles. The molecule has 3 heterocycles. The quantitative estimate of drug-likeness (QED) is 0.816. The van der Waals surface area contributed by atoms with Crippen molar-refractivity contribution >= 4 is 27.5 Å². The molecule has 0 aromatic carbocycles. The van der Waals surface area contributed by atoms with E-state index in [4.69, 9.17) is 0 Å². The number of anilines is 1. The minimum atomic E-state index is 0.108. The number of nitrogens with zero attached hydrogens (tertiary/aromatic N) is 6. The van der Waals surface area contributed by atoms with E-state index in [1.807, 2.05) is 30.5 Å². The molecule has 0 bridgehead atoms. The van der Waals surface area contributed by atoms with Crippen molar-refractivity contribution in [3.05, 3.63) is 29.3 Å². The monoisotopic (exact) mass is 352 g/mol. The van der Waals surface area contributed by atoms with E-state index >= 15 is 0 Å². The van der Waals surface area contributed by atoms with Crippen molar-refractivity contribution in [2.75, 3.05) is 31.1 Å². The molecule has 0 N–H and O–H groups in total. The summed E-state index contributed by atoms with van der Waals surface area (Å²) in [6.45, 7) is 3.42. The summed E-state index contributed by atoms with van der Waals surface area (Å²) in [5.41, 5.74) is 1.11. The van der Waals surface area contributed by atoms with Gasteiger partial charge in [-0.25, -0.2) is 0 Å². The van der Waals surface area contributed by atoms with Gasteiger partial charge in [-0.05, 0) is 15.9 Å². The van der Waals surface area contributed by atoms with Crippen LogP contribution in [0.25, 0.3) is 0 Å². The van der Waals surface area contributed by atoms with E-state index in [0.717, 1.165) is 36.3 Å². The summed E-state index contributed by atoms with van der Waals surface area (Å²) in [7, 11) is 1.91. The number of carbonyl (C=O) groups is 1. The van der Waals surface area contributed by atoms with E-state index in [9.17, 15) is 4.79 Å². The Morgan fingerprint density at radius 2 is 1.95 bits per heavy atom. The van der Waals surface area contributed by atoms with Gasteiger partial charge in [0.1, 0.15) is 6.54 Å². The summed E-state index contributed by atoms with van der Waals surface area (Å²) in [5.74, 6) is 0.108. The molecular weight excluding hydrogens is 336 g/mol. The third-order valence-electron chi connectivity index (χ3n) is 3.59. The lowest BCUT2D eigenvalue weighted by atomic mass is 10.3. The highest BCUT2D eigenvalue weighted by Gasteiger charge is 2.22. The minimum absolute atomic E-state index is 0.108. The van der Waals surface area contributed by atoms with Crippen LogP contribution in [0.5, 0.6) is 0 Å². The number of rotatable bonds is 3. The van der Waals surface area contributed by atoms with Gasteiger partial charge in [-0.3, -0.25) is 14.2 Å². The number of amides is 1. The molecule has 2 aromatic heterocycles. The van der Waals surface area contributed by atoms with Gasteiger partial charge in [0.05, 0.1) is 22.6 Å². The van der Waals surface area contributed by atoms with Crippen LogP contribution in [0.3, 0.4) is 0 Å². The summed E-state index contributed by atoms with van der Waals surface area (Å²) in [4.78, 5) is 16.4. The molecule has 1 saturated heterocycles. The lowest BCUT2D eigenvalue weighted by molar-refractivity contribution is -0.132. The Morgan fingerprint density at radius 1 is 1.19 bits per heavy atom. The fourth-order valence-electron chi connectivity index (χ4n) is 2.45. The number of carbonyl (C=O) groups excluding carboxylic acids is 1. The molecule has 1 fully saturated rings. The second-order valence-corrected chi connectivity index (χ2v) is 6.01. The number of aromatic nitrogens is 4. The van der Waals surface area contributed by atoms with E-state index in [1.165, 1.54) is 0 Å². The summed E-state index contributed by atoms with van der Waals surface area (Å²) in [6, 6.07) is 0. The molecule has 3 rings (SSSR count). The average molecular weight is 353 g/mol. The normalized spacial score (nSPS) is 15.5. The average Bonchev–Trinajstić information content (AvgIpc) is 3.08. The van der Waals surface area contributed by atoms with Crippen LogP contribution in [0.1, 0.15) is 0 Å². The maximum absolute atomic E-state index is 12.2. The van der Waals surface area contributed by atoms with E-state index in [2.05, 4.69) is 31.0 Å². The Hall–Kier alpha value is -1.83. The van der Waals surface area contributed by atoms with Crippen LogP contribution < -0.4 is 4.90 Å². The molecule has 0 atom stereocenters. The smallest absolute Gasteiger partial charge is 0.244 e. The Morgan fingerprint density at radius 3 is 2.52 bits per heavy atom. The van der Waals surface area contributed by atoms with Crippen LogP contribution in [0.15, 0.2) is 29.3 Å². The second-order valence-electron chi connectivity index (χ2n) is 5.10. The predicted octanol–water partition coefficient (Wildman–Crippen LogP) is 0.728. The third-order valence-corrected chi connectivity index (χ3v) is 4.00. The predicted molar refractivity (Wildman–Crippen MR) is 81.9 cm³/mol. The van der Waals surface area contributed by atoms with Crippen molar-refractivity contribution in [1.82, 2.24) is 24.5 Å². The molecule has 1 amide bonds. The topological polar surface area (TPSA) is 59.2 Å². The fourth-order valence-corrected chi connectivity index (χ4v) is 2.78. The van der Waals surface area contributed by atoms with Crippen molar-refractivity contribution in [3.8, 4) is 0 Å². The molecule has 2 aromatic rings. The van der Waals surface area contributed by atoms with Crippen molar-refractivity contribution in [3.63, 3.8) is 0 Å². The largest absolute Gasteiger partial charge is 0.365 e. The number of hydrogen-bond donors (Lipinski definition) is 0. The van der Waals surface area contributed by atoms with Crippen molar-refractivity contribution in [1.29, 1.82) is 0 Å². The molecule has 0 spiro atoms. The van der Waals surface area contributed by atoms with Crippen molar-refractivity contribution < 1.29 is 4.79 Å². The van der Waals surface area contributed by atoms with Gasteiger partial charge in [0.25, 0.3) is 0 Å². The van der Waals surface area contributed by atoms with E-state index < -0.39 is 0 Å². The molecule has 0 radical (unpaired) electrons.